The molecule has 0 saturated carbocycles. The molecule has 1 amide bonds. The minimum atomic E-state index is -0.345. The highest BCUT2D eigenvalue weighted by Crippen LogP contribution is 2.28. The molecule has 0 bridgehead atoms. The minimum Gasteiger partial charge on any atom is -0.493 e. The number of hydrogen-bond donors (Lipinski definition) is 1. The van der Waals surface area contributed by atoms with Gasteiger partial charge in [0.1, 0.15) is 0 Å². The molecule has 0 atom stereocenters. The number of unbranched alkanes of at least 4 members (excludes halogenated alkanes) is 2. The van der Waals surface area contributed by atoms with Crippen LogP contribution in [0.25, 0.3) is 11.0 Å². The summed E-state index contributed by atoms with van der Waals surface area (Å²) < 4.78 is 12.6. The molecule has 1 aromatic carbocycles. The van der Waals surface area contributed by atoms with Gasteiger partial charge in [-0.1, -0.05) is 12.1 Å². The molecule has 128 valence electrons. The number of aryl methyl sites for hydroxylation is 1. The number of methoxy groups -OCH3 is 1. The predicted molar refractivity (Wildman–Crippen MR) is 92.4 cm³/mol. The molecule has 7 heteroatoms. The summed E-state index contributed by atoms with van der Waals surface area (Å²) in [6, 6.07) is 9.28. The Bertz CT molecular complexity index is 920. The Balaban J connectivity index is 1.66. The number of amides is 1. The zero-order chi connectivity index (χ0) is 17.6. The summed E-state index contributed by atoms with van der Waals surface area (Å²) in [5.74, 6) is 0.449. The van der Waals surface area contributed by atoms with Crippen LogP contribution >= 0.6 is 0 Å². The van der Waals surface area contributed by atoms with Gasteiger partial charge in [-0.3, -0.25) is 9.48 Å². The Kier molecular flexibility index (Phi) is 5.00. The van der Waals surface area contributed by atoms with E-state index in [4.69, 9.17) is 14.4 Å². The SMILES string of the molecule is COc1cccc2cc(C(=O)Nc3cnn(CCCCC#N)c3)oc12. The summed E-state index contributed by atoms with van der Waals surface area (Å²) in [5, 5.41) is 16.3. The van der Waals surface area contributed by atoms with E-state index in [-0.39, 0.29) is 11.7 Å². The fourth-order valence-corrected chi connectivity index (χ4v) is 2.53. The van der Waals surface area contributed by atoms with E-state index in [0.717, 1.165) is 18.2 Å². The molecule has 25 heavy (non-hydrogen) atoms. The second-order valence-corrected chi connectivity index (χ2v) is 5.55. The molecule has 0 aliphatic heterocycles. The molecular formula is C18H18N4O3. The van der Waals surface area contributed by atoms with Gasteiger partial charge in [0, 0.05) is 24.5 Å². The van der Waals surface area contributed by atoms with Crippen LogP contribution in [0.3, 0.4) is 0 Å². The van der Waals surface area contributed by atoms with Crippen molar-refractivity contribution < 1.29 is 13.9 Å². The van der Waals surface area contributed by atoms with Crippen molar-refractivity contribution in [3.05, 3.63) is 42.4 Å². The van der Waals surface area contributed by atoms with Gasteiger partial charge in [0.05, 0.1) is 25.1 Å². The number of carbonyl (C=O) groups is 1. The molecule has 7 nitrogen and oxygen atoms in total. The molecule has 0 saturated heterocycles. The number of carbonyl (C=O) groups excluding carboxylic acids is 1. The van der Waals surface area contributed by atoms with Crippen molar-refractivity contribution in [3.63, 3.8) is 0 Å². The zero-order valence-corrected chi connectivity index (χ0v) is 13.9. The van der Waals surface area contributed by atoms with Crippen LogP contribution in [0, 0.1) is 11.3 Å². The maximum Gasteiger partial charge on any atom is 0.291 e. The largest absolute Gasteiger partial charge is 0.493 e. The summed E-state index contributed by atoms with van der Waals surface area (Å²) in [6.45, 7) is 0.708. The van der Waals surface area contributed by atoms with E-state index in [1.54, 1.807) is 36.3 Å². The Morgan fingerprint density at radius 1 is 1.44 bits per heavy atom. The summed E-state index contributed by atoms with van der Waals surface area (Å²) in [7, 11) is 1.56. The summed E-state index contributed by atoms with van der Waals surface area (Å²) in [4.78, 5) is 12.4. The molecule has 0 aliphatic carbocycles. The first kappa shape index (κ1) is 16.6. The van der Waals surface area contributed by atoms with Crippen LogP contribution in [0.1, 0.15) is 29.8 Å². The van der Waals surface area contributed by atoms with Crippen molar-refractivity contribution in [2.75, 3.05) is 12.4 Å². The first-order valence-corrected chi connectivity index (χ1v) is 7.98. The lowest BCUT2D eigenvalue weighted by molar-refractivity contribution is 0.0998. The normalized spacial score (nSPS) is 10.6. The van der Waals surface area contributed by atoms with Crippen molar-refractivity contribution in [3.8, 4) is 11.8 Å². The molecule has 0 aliphatic rings. The molecule has 0 radical (unpaired) electrons. The van der Waals surface area contributed by atoms with Crippen LogP contribution in [0.15, 0.2) is 41.1 Å². The fourth-order valence-electron chi connectivity index (χ4n) is 2.53. The van der Waals surface area contributed by atoms with E-state index in [1.165, 1.54) is 0 Å². The number of anilines is 1. The Morgan fingerprint density at radius 3 is 3.12 bits per heavy atom. The molecule has 3 aromatic rings. The second kappa shape index (κ2) is 7.53. The zero-order valence-electron chi connectivity index (χ0n) is 13.9. The molecule has 3 rings (SSSR count). The number of aromatic nitrogens is 2. The van der Waals surface area contributed by atoms with Gasteiger partial charge >= 0.3 is 0 Å². The minimum absolute atomic E-state index is 0.210. The van der Waals surface area contributed by atoms with Gasteiger partial charge in [0.15, 0.2) is 17.1 Å². The number of ether oxygens (including phenoxy) is 1. The fraction of sp³-hybridized carbons (Fsp3) is 0.278. The highest BCUT2D eigenvalue weighted by Gasteiger charge is 2.15. The molecule has 0 fully saturated rings. The van der Waals surface area contributed by atoms with E-state index in [9.17, 15) is 4.79 Å². The number of nitrogens with one attached hydrogen (secondary N) is 1. The van der Waals surface area contributed by atoms with Crippen molar-refractivity contribution in [2.24, 2.45) is 0 Å². The van der Waals surface area contributed by atoms with Crippen LogP contribution in [0.2, 0.25) is 0 Å². The average molecular weight is 338 g/mol. The maximum absolute atomic E-state index is 12.4. The lowest BCUT2D eigenvalue weighted by Gasteiger charge is -2.00. The van der Waals surface area contributed by atoms with Crippen LogP contribution < -0.4 is 10.1 Å². The Morgan fingerprint density at radius 2 is 2.32 bits per heavy atom. The first-order valence-electron chi connectivity index (χ1n) is 7.98. The molecular weight excluding hydrogens is 320 g/mol. The number of benzene rings is 1. The Hall–Kier alpha value is -3.27. The van der Waals surface area contributed by atoms with Gasteiger partial charge in [-0.05, 0) is 25.0 Å². The standard InChI is InChI=1S/C18H18N4O3/c1-24-15-7-5-6-13-10-16(25-17(13)15)18(23)21-14-11-20-22(12-14)9-4-2-3-8-19/h5-7,10-12H,2-4,9H2,1H3,(H,21,23). The third-order valence-electron chi connectivity index (χ3n) is 3.77. The van der Waals surface area contributed by atoms with Gasteiger partial charge in [0.25, 0.3) is 5.91 Å². The lowest BCUT2D eigenvalue weighted by atomic mass is 10.2. The first-order chi connectivity index (χ1) is 12.2. The van der Waals surface area contributed by atoms with E-state index in [2.05, 4.69) is 16.5 Å². The van der Waals surface area contributed by atoms with Gasteiger partial charge < -0.3 is 14.5 Å². The smallest absolute Gasteiger partial charge is 0.291 e. The summed E-state index contributed by atoms with van der Waals surface area (Å²) in [5.41, 5.74) is 1.14. The van der Waals surface area contributed by atoms with Crippen LogP contribution in [0.5, 0.6) is 5.75 Å². The van der Waals surface area contributed by atoms with Crippen molar-refractivity contribution in [1.29, 1.82) is 5.26 Å². The van der Waals surface area contributed by atoms with Gasteiger partial charge in [-0.25, -0.2) is 0 Å². The lowest BCUT2D eigenvalue weighted by Crippen LogP contribution is -2.10. The highest BCUT2D eigenvalue weighted by atomic mass is 16.5. The third kappa shape index (κ3) is 3.80. The van der Waals surface area contributed by atoms with Crippen LogP contribution in [0.4, 0.5) is 5.69 Å². The predicted octanol–water partition coefficient (Wildman–Crippen LogP) is 3.58. The topological polar surface area (TPSA) is 93.1 Å². The summed E-state index contributed by atoms with van der Waals surface area (Å²) >= 11 is 0. The number of para-hydroxylation sites is 1. The average Bonchev–Trinajstić information content (AvgIpc) is 3.25. The van der Waals surface area contributed by atoms with Gasteiger partial charge in [-0.15, -0.1) is 0 Å². The number of hydrogen-bond acceptors (Lipinski definition) is 5. The van der Waals surface area contributed by atoms with E-state index in [0.29, 0.717) is 30.0 Å². The molecule has 1 N–H and O–H groups in total. The quantitative estimate of drug-likeness (QED) is 0.665. The van der Waals surface area contributed by atoms with E-state index in [1.807, 2.05) is 12.1 Å². The molecule has 2 aromatic heterocycles. The van der Waals surface area contributed by atoms with Crippen molar-refractivity contribution >= 4 is 22.6 Å². The van der Waals surface area contributed by atoms with Crippen LogP contribution in [-0.4, -0.2) is 22.8 Å². The number of nitriles is 1. The monoisotopic (exact) mass is 338 g/mol. The number of furan rings is 1. The van der Waals surface area contributed by atoms with Crippen molar-refractivity contribution in [2.45, 2.75) is 25.8 Å². The van der Waals surface area contributed by atoms with Crippen LogP contribution in [-0.2, 0) is 6.54 Å². The molecule has 2 heterocycles. The molecule has 0 spiro atoms. The van der Waals surface area contributed by atoms with Gasteiger partial charge in [0.2, 0.25) is 0 Å². The number of rotatable bonds is 7. The summed E-state index contributed by atoms with van der Waals surface area (Å²) in [6.07, 6.45) is 5.59. The van der Waals surface area contributed by atoms with Crippen molar-refractivity contribution in [1.82, 2.24) is 9.78 Å². The number of fused-ring (bicyclic) bond motifs is 1. The van der Waals surface area contributed by atoms with Gasteiger partial charge in [-0.2, -0.15) is 10.4 Å². The van der Waals surface area contributed by atoms with E-state index >= 15 is 0 Å². The second-order valence-electron chi connectivity index (χ2n) is 5.55. The van der Waals surface area contributed by atoms with E-state index < -0.39 is 0 Å². The highest BCUT2D eigenvalue weighted by molar-refractivity contribution is 6.05. The molecule has 0 unspecified atom stereocenters. The third-order valence-corrected chi connectivity index (χ3v) is 3.77. The Labute approximate surface area is 144 Å². The number of nitrogens with zero attached hydrogens (tertiary/aromatic N) is 3. The maximum atomic E-state index is 12.4.